The van der Waals surface area contributed by atoms with Crippen molar-refractivity contribution in [3.63, 3.8) is 0 Å². The Kier molecular flexibility index (Phi) is 15.8. The molecule has 7 aliphatic rings. The second kappa shape index (κ2) is 20.6. The van der Waals surface area contributed by atoms with Crippen LogP contribution < -0.4 is 10.6 Å². The van der Waals surface area contributed by atoms with Gasteiger partial charge in [-0.05, 0) is 0 Å². The Hall–Kier alpha value is -2.97. The molecule has 7 rings (SSSR count). The van der Waals surface area contributed by atoms with Gasteiger partial charge in [0.25, 0.3) is 15.2 Å². The van der Waals surface area contributed by atoms with Crippen molar-refractivity contribution >= 4 is 58.5 Å². The zero-order valence-electron chi connectivity index (χ0n) is 37.4. The first-order valence-electron chi connectivity index (χ1n) is 21.4. The van der Waals surface area contributed by atoms with Crippen molar-refractivity contribution in [1.82, 2.24) is 29.3 Å². The predicted octanol–water partition coefficient (Wildman–Crippen LogP) is -1.89. The molecule has 0 saturated carbocycles. The number of nitrogens with zero attached hydrogens (tertiary/aromatic N) is 7. The highest BCUT2D eigenvalue weighted by Crippen LogP contribution is 2.85. The number of nitrogens with one attached hydrogen (secondary N) is 2. The maximum atomic E-state index is 14.0. The maximum absolute atomic E-state index is 14.0. The summed E-state index contributed by atoms with van der Waals surface area (Å²) in [6, 6.07) is -7.15. The van der Waals surface area contributed by atoms with Crippen molar-refractivity contribution in [3.05, 3.63) is 0 Å². The molecule has 14 atom stereocenters. The minimum atomic E-state index is -4.59. The zero-order chi connectivity index (χ0) is 47.9. The monoisotopic (exact) mass is 999 g/mol. The SMILES string of the molecule is COC(=O)C1CC(OP2(N3CC(O)CC3C(=O)OC)=NP(OC3CNC(C(=O)OC)C3)(N3CC(O)CC3C(=O)OC)=NP(N3CC(O)CC3C(=O)OC)(N3CC(O)CC3C(=O)OC)=N2)CN1. The van der Waals surface area contributed by atoms with Crippen LogP contribution in [0.1, 0.15) is 38.5 Å². The Morgan fingerprint density at radius 3 is 1.08 bits per heavy atom. The standard InChI is InChI=1S/C36H60N9O18P3/c1-56-31(50)25-11-23(13-37-25)62-65(44-17-21(48)9-29(44)35(54)60-5)39-64(42-15-19(46)7-27(42)33(52)58-3,43-16-20(47)8-28(43)34(53)59-4)40-66(41-65,45-18-22(49)10-30(45)36(55)61-6)63-24-12-26(38-14-24)32(51)57-2/h19-30,37-38,46-49H,7-18H2,1-6H3. The van der Waals surface area contributed by atoms with Crippen molar-refractivity contribution < 1.29 is 86.7 Å². The average Bonchev–Trinajstić information content (AvgIpc) is 4.18. The Balaban J connectivity index is 1.65. The van der Waals surface area contributed by atoms with Crippen LogP contribution in [0.4, 0.5) is 0 Å². The van der Waals surface area contributed by atoms with E-state index in [2.05, 4.69) is 10.6 Å². The molecule has 14 unspecified atom stereocenters. The van der Waals surface area contributed by atoms with Crippen molar-refractivity contribution in [1.29, 1.82) is 0 Å². The molecule has 27 nitrogen and oxygen atoms in total. The molecule has 0 aromatic heterocycles. The van der Waals surface area contributed by atoms with Crippen LogP contribution in [0.15, 0.2) is 13.5 Å². The number of rotatable bonds is 14. The number of hydrogen-bond donors (Lipinski definition) is 6. The molecule has 372 valence electrons. The van der Waals surface area contributed by atoms with Crippen LogP contribution in [0.25, 0.3) is 0 Å². The summed E-state index contributed by atoms with van der Waals surface area (Å²) in [4.78, 5) is 81.9. The third-order valence-corrected chi connectivity index (χ3v) is 24.0. The summed E-state index contributed by atoms with van der Waals surface area (Å²) in [6.07, 6.45) is -7.85. The second-order valence-corrected chi connectivity index (χ2v) is 24.7. The highest BCUT2D eigenvalue weighted by molar-refractivity contribution is 7.81. The van der Waals surface area contributed by atoms with Gasteiger partial charge in [-0.25, -0.2) is 18.7 Å². The average molecular weight is 1000 g/mol. The molecule has 0 aromatic carbocycles. The van der Waals surface area contributed by atoms with Gasteiger partial charge in [0.05, 0.1) is 79.3 Å². The first-order valence-corrected chi connectivity index (χ1v) is 26.2. The highest BCUT2D eigenvalue weighted by atomic mass is 31.3. The molecule has 0 spiro atoms. The lowest BCUT2D eigenvalue weighted by molar-refractivity contribution is -0.145. The Bertz CT molecular complexity index is 1970. The number of ether oxygens (including phenoxy) is 6. The van der Waals surface area contributed by atoms with Crippen molar-refractivity contribution in [2.24, 2.45) is 13.5 Å². The number of aliphatic hydroxyl groups excluding tert-OH is 4. The van der Waals surface area contributed by atoms with Gasteiger partial charge in [0.15, 0.2) is 0 Å². The van der Waals surface area contributed by atoms with E-state index < -0.39 is 131 Å². The maximum Gasteiger partial charge on any atom is 0.323 e. The van der Waals surface area contributed by atoms with Crippen LogP contribution in [0, 0.1) is 0 Å². The summed E-state index contributed by atoms with van der Waals surface area (Å²) in [7, 11) is -6.70. The number of β-amino-alcohol motifs (C(OH)–C–C–N with tert-alkyl or cyclic N) is 4. The van der Waals surface area contributed by atoms with Gasteiger partial charge in [-0.2, -0.15) is 13.5 Å². The summed E-state index contributed by atoms with van der Waals surface area (Å²) in [5.74, 6) is -4.55. The first-order chi connectivity index (χ1) is 31.4. The Morgan fingerprint density at radius 2 is 0.742 bits per heavy atom. The first kappa shape index (κ1) is 50.9. The van der Waals surface area contributed by atoms with Gasteiger partial charge in [-0.1, -0.05) is 0 Å². The lowest BCUT2D eigenvalue weighted by Crippen LogP contribution is -2.45. The largest absolute Gasteiger partial charge is 0.468 e. The van der Waals surface area contributed by atoms with Gasteiger partial charge in [-0.3, -0.25) is 28.8 Å². The molecule has 6 fully saturated rings. The second-order valence-electron chi connectivity index (χ2n) is 16.9. The third-order valence-electron chi connectivity index (χ3n) is 12.7. The molecule has 0 aromatic rings. The molecular formula is C36H60N9O18P3. The van der Waals surface area contributed by atoms with Crippen molar-refractivity contribution in [2.75, 3.05) is 81.9 Å². The third kappa shape index (κ3) is 9.64. The van der Waals surface area contributed by atoms with E-state index >= 15 is 0 Å². The fourth-order valence-electron chi connectivity index (χ4n) is 9.67. The van der Waals surface area contributed by atoms with Gasteiger partial charge in [0.1, 0.15) is 36.3 Å². The van der Waals surface area contributed by atoms with Crippen LogP contribution in [-0.2, 0) is 66.2 Å². The number of hydrogen-bond acceptors (Lipinski definition) is 27. The van der Waals surface area contributed by atoms with E-state index in [1.54, 1.807) is 0 Å². The Morgan fingerprint density at radius 1 is 0.439 bits per heavy atom. The van der Waals surface area contributed by atoms with Gasteiger partial charge in [0, 0.05) is 77.8 Å². The summed E-state index contributed by atoms with van der Waals surface area (Å²) in [5.41, 5.74) is 0. The highest BCUT2D eigenvalue weighted by Gasteiger charge is 2.62. The van der Waals surface area contributed by atoms with Crippen molar-refractivity contribution in [3.8, 4) is 0 Å². The molecule has 0 bridgehead atoms. The molecule has 66 heavy (non-hydrogen) atoms. The van der Waals surface area contributed by atoms with E-state index in [4.69, 9.17) is 51.0 Å². The van der Waals surface area contributed by atoms with Gasteiger partial charge in [-0.15, -0.1) is 0 Å². The quantitative estimate of drug-likeness (QED) is 0.0630. The normalized spacial score (nSPS) is 40.8. The number of carbonyl (C=O) groups is 6. The zero-order valence-corrected chi connectivity index (χ0v) is 40.1. The fourth-order valence-corrected chi connectivity index (χ4v) is 24.2. The minimum Gasteiger partial charge on any atom is -0.468 e. The number of carbonyl (C=O) groups excluding carboxylic acids is 6. The molecule has 7 heterocycles. The van der Waals surface area contributed by atoms with E-state index in [-0.39, 0.29) is 77.8 Å². The van der Waals surface area contributed by atoms with E-state index in [9.17, 15) is 49.2 Å². The van der Waals surface area contributed by atoms with E-state index in [0.29, 0.717) is 0 Å². The van der Waals surface area contributed by atoms with Crippen LogP contribution in [0.2, 0.25) is 0 Å². The predicted molar refractivity (Wildman–Crippen MR) is 227 cm³/mol. The topological polar surface area (TPSA) is 331 Å². The van der Waals surface area contributed by atoms with Gasteiger partial charge < -0.3 is 68.5 Å². The lowest BCUT2D eigenvalue weighted by atomic mass is 10.2. The van der Waals surface area contributed by atoms with E-state index in [0.717, 1.165) is 28.4 Å². The number of aliphatic hydroxyl groups is 4. The van der Waals surface area contributed by atoms with E-state index in [1.165, 1.54) is 32.9 Å². The molecular weight excluding hydrogens is 939 g/mol. The minimum absolute atomic E-state index is 0.0122. The summed E-state index contributed by atoms with van der Waals surface area (Å²) in [6.45, 7) is -1.41. The molecule has 6 N–H and O–H groups in total. The molecule has 6 saturated heterocycles. The fraction of sp³-hybridized carbons (Fsp3) is 0.833. The molecule has 0 amide bonds. The van der Waals surface area contributed by atoms with E-state index in [1.807, 2.05) is 0 Å². The Labute approximate surface area is 380 Å². The summed E-state index contributed by atoms with van der Waals surface area (Å²) >= 11 is 0. The molecule has 0 aliphatic carbocycles. The van der Waals surface area contributed by atoms with Gasteiger partial charge >= 0.3 is 35.8 Å². The summed E-state index contributed by atoms with van der Waals surface area (Å²) in [5, 5.41) is 52.2. The van der Waals surface area contributed by atoms with Crippen molar-refractivity contribution in [2.45, 2.75) is 111 Å². The molecule has 7 aliphatic heterocycles. The molecule has 30 heteroatoms. The number of methoxy groups -OCH3 is 6. The van der Waals surface area contributed by atoms with Crippen LogP contribution in [0.5, 0.6) is 0 Å². The van der Waals surface area contributed by atoms with Crippen LogP contribution >= 0.6 is 22.7 Å². The lowest BCUT2D eigenvalue weighted by Gasteiger charge is -2.49. The number of esters is 6. The summed E-state index contributed by atoms with van der Waals surface area (Å²) < 4.78 is 68.0. The van der Waals surface area contributed by atoms with Gasteiger partial charge in [0.2, 0.25) is 7.51 Å². The van der Waals surface area contributed by atoms with Crippen LogP contribution in [-0.4, -0.2) is 230 Å². The van der Waals surface area contributed by atoms with Crippen LogP contribution in [0.3, 0.4) is 0 Å². The smallest absolute Gasteiger partial charge is 0.323 e. The molecule has 0 radical (unpaired) electrons.